The Bertz CT molecular complexity index is 426. The highest BCUT2D eigenvalue weighted by molar-refractivity contribution is 7.92. The van der Waals surface area contributed by atoms with Gasteiger partial charge in [-0.05, 0) is 30.2 Å². The first kappa shape index (κ1) is 11.0. The number of benzene rings is 1. The summed E-state index contributed by atoms with van der Waals surface area (Å²) in [5, 5.41) is 8.91. The number of aliphatic hydroxyl groups excluding tert-OH is 1. The number of aryl methyl sites for hydroxylation is 1. The smallest absolute Gasteiger partial charge is 0.229 e. The highest BCUT2D eigenvalue weighted by Crippen LogP contribution is 2.15. The maximum Gasteiger partial charge on any atom is 0.229 e. The summed E-state index contributed by atoms with van der Waals surface area (Å²) in [7, 11) is -3.25. The molecule has 0 fully saturated rings. The highest BCUT2D eigenvalue weighted by Gasteiger charge is 2.03. The van der Waals surface area contributed by atoms with E-state index in [1.807, 2.05) is 6.92 Å². The van der Waals surface area contributed by atoms with Gasteiger partial charge in [-0.15, -0.1) is 0 Å². The van der Waals surface area contributed by atoms with E-state index in [9.17, 15) is 8.42 Å². The molecule has 0 amide bonds. The van der Waals surface area contributed by atoms with E-state index >= 15 is 0 Å². The molecule has 4 nitrogen and oxygen atoms in total. The van der Waals surface area contributed by atoms with Gasteiger partial charge in [0.2, 0.25) is 10.0 Å². The van der Waals surface area contributed by atoms with E-state index in [1.165, 1.54) is 0 Å². The zero-order valence-electron chi connectivity index (χ0n) is 8.11. The second-order valence-electron chi connectivity index (χ2n) is 3.24. The molecule has 0 aromatic heterocycles. The summed E-state index contributed by atoms with van der Waals surface area (Å²) >= 11 is 0. The van der Waals surface area contributed by atoms with Crippen molar-refractivity contribution in [2.45, 2.75) is 13.5 Å². The average molecular weight is 215 g/mol. The molecule has 0 spiro atoms. The van der Waals surface area contributed by atoms with Gasteiger partial charge in [0.05, 0.1) is 12.9 Å². The molecule has 0 bridgehead atoms. The lowest BCUT2D eigenvalue weighted by Gasteiger charge is -2.06. The van der Waals surface area contributed by atoms with Crippen LogP contribution >= 0.6 is 0 Å². The van der Waals surface area contributed by atoms with Gasteiger partial charge in [0, 0.05) is 5.69 Å². The van der Waals surface area contributed by atoms with Crippen LogP contribution < -0.4 is 4.72 Å². The maximum atomic E-state index is 10.9. The van der Waals surface area contributed by atoms with Crippen molar-refractivity contribution in [1.82, 2.24) is 0 Å². The monoisotopic (exact) mass is 215 g/mol. The van der Waals surface area contributed by atoms with E-state index in [0.717, 1.165) is 11.8 Å². The van der Waals surface area contributed by atoms with Crippen molar-refractivity contribution in [2.75, 3.05) is 11.0 Å². The van der Waals surface area contributed by atoms with Crippen LogP contribution in [0.4, 0.5) is 5.69 Å². The average Bonchev–Trinajstić information content (AvgIpc) is 1.99. The van der Waals surface area contributed by atoms with Crippen LogP contribution in [-0.4, -0.2) is 19.8 Å². The Morgan fingerprint density at radius 3 is 2.50 bits per heavy atom. The largest absolute Gasteiger partial charge is 0.392 e. The second-order valence-corrected chi connectivity index (χ2v) is 4.99. The molecule has 0 unspecified atom stereocenters. The SMILES string of the molecule is Cc1cc(CO)cc(NS(C)(=O)=O)c1. The van der Waals surface area contributed by atoms with Gasteiger partial charge in [-0.2, -0.15) is 0 Å². The van der Waals surface area contributed by atoms with Crippen LogP contribution in [0.3, 0.4) is 0 Å². The van der Waals surface area contributed by atoms with Gasteiger partial charge < -0.3 is 5.11 Å². The minimum atomic E-state index is -3.25. The van der Waals surface area contributed by atoms with Crippen LogP contribution in [0.2, 0.25) is 0 Å². The Hall–Kier alpha value is -1.07. The lowest BCUT2D eigenvalue weighted by molar-refractivity contribution is 0.282. The van der Waals surface area contributed by atoms with Crippen molar-refractivity contribution in [3.05, 3.63) is 29.3 Å². The molecule has 5 heteroatoms. The molecule has 1 aromatic carbocycles. The first-order chi connectivity index (χ1) is 6.40. The van der Waals surface area contributed by atoms with E-state index in [1.54, 1.807) is 18.2 Å². The summed E-state index contributed by atoms with van der Waals surface area (Å²) in [6.45, 7) is 1.74. The fraction of sp³-hybridized carbons (Fsp3) is 0.333. The zero-order chi connectivity index (χ0) is 10.8. The Labute approximate surface area is 83.6 Å². The lowest BCUT2D eigenvalue weighted by Crippen LogP contribution is -2.09. The van der Waals surface area contributed by atoms with Gasteiger partial charge in [0.1, 0.15) is 0 Å². The summed E-state index contributed by atoms with van der Waals surface area (Å²) in [6.07, 6.45) is 1.09. The third-order valence-electron chi connectivity index (χ3n) is 1.62. The van der Waals surface area contributed by atoms with E-state index < -0.39 is 10.0 Å². The van der Waals surface area contributed by atoms with Crippen molar-refractivity contribution in [3.8, 4) is 0 Å². The quantitative estimate of drug-likeness (QED) is 0.785. The molecule has 0 radical (unpaired) electrons. The Kier molecular flexibility index (Phi) is 3.13. The second kappa shape index (κ2) is 3.98. The van der Waals surface area contributed by atoms with Crippen LogP contribution in [0.25, 0.3) is 0 Å². The predicted molar refractivity (Wildman–Crippen MR) is 55.6 cm³/mol. The molecule has 2 N–H and O–H groups in total. The van der Waals surface area contributed by atoms with E-state index in [0.29, 0.717) is 11.3 Å². The van der Waals surface area contributed by atoms with Crippen molar-refractivity contribution in [3.63, 3.8) is 0 Å². The molecule has 0 aliphatic carbocycles. The van der Waals surface area contributed by atoms with Crippen LogP contribution in [0.1, 0.15) is 11.1 Å². The maximum absolute atomic E-state index is 10.9. The standard InChI is InChI=1S/C9H13NO3S/c1-7-3-8(6-11)5-9(4-7)10-14(2,12)13/h3-5,10-11H,6H2,1-2H3. The topological polar surface area (TPSA) is 66.4 Å². The summed E-state index contributed by atoms with van der Waals surface area (Å²) in [4.78, 5) is 0. The molecule has 0 atom stereocenters. The molecule has 78 valence electrons. The molecule has 0 saturated heterocycles. The number of nitrogens with one attached hydrogen (secondary N) is 1. The van der Waals surface area contributed by atoms with Crippen molar-refractivity contribution < 1.29 is 13.5 Å². The van der Waals surface area contributed by atoms with E-state index in [2.05, 4.69) is 4.72 Å². The van der Waals surface area contributed by atoms with Crippen LogP contribution in [0.5, 0.6) is 0 Å². The third-order valence-corrected chi connectivity index (χ3v) is 2.23. The highest BCUT2D eigenvalue weighted by atomic mass is 32.2. The van der Waals surface area contributed by atoms with Crippen molar-refractivity contribution in [1.29, 1.82) is 0 Å². The molecule has 14 heavy (non-hydrogen) atoms. The molecular formula is C9H13NO3S. The predicted octanol–water partition coefficient (Wildman–Crippen LogP) is 0.859. The van der Waals surface area contributed by atoms with Gasteiger partial charge >= 0.3 is 0 Å². The number of aliphatic hydroxyl groups is 1. The molecule has 1 rings (SSSR count). The van der Waals surface area contributed by atoms with Crippen LogP contribution in [0, 0.1) is 6.92 Å². The minimum absolute atomic E-state index is 0.0971. The number of rotatable bonds is 3. The molecular weight excluding hydrogens is 202 g/mol. The number of hydrogen-bond acceptors (Lipinski definition) is 3. The number of hydrogen-bond donors (Lipinski definition) is 2. The summed E-state index contributed by atoms with van der Waals surface area (Å²) in [6, 6.07) is 5.11. The summed E-state index contributed by atoms with van der Waals surface area (Å²) in [5.41, 5.74) is 2.08. The fourth-order valence-corrected chi connectivity index (χ4v) is 1.77. The lowest BCUT2D eigenvalue weighted by atomic mass is 10.1. The normalized spacial score (nSPS) is 11.4. The Morgan fingerprint density at radius 2 is 2.00 bits per heavy atom. The van der Waals surface area contributed by atoms with Crippen molar-refractivity contribution in [2.24, 2.45) is 0 Å². The molecule has 1 aromatic rings. The number of anilines is 1. The fourth-order valence-electron chi connectivity index (χ4n) is 1.23. The summed E-state index contributed by atoms with van der Waals surface area (Å²) in [5.74, 6) is 0. The van der Waals surface area contributed by atoms with Gasteiger partial charge in [0.25, 0.3) is 0 Å². The minimum Gasteiger partial charge on any atom is -0.392 e. The first-order valence-corrected chi connectivity index (χ1v) is 5.99. The molecule has 0 aliphatic heterocycles. The number of sulfonamides is 1. The van der Waals surface area contributed by atoms with Crippen molar-refractivity contribution >= 4 is 15.7 Å². The Morgan fingerprint density at radius 1 is 1.36 bits per heavy atom. The van der Waals surface area contributed by atoms with Crippen LogP contribution in [0.15, 0.2) is 18.2 Å². The van der Waals surface area contributed by atoms with Gasteiger partial charge in [-0.1, -0.05) is 6.07 Å². The third kappa shape index (κ3) is 3.35. The van der Waals surface area contributed by atoms with Gasteiger partial charge in [-0.25, -0.2) is 8.42 Å². The zero-order valence-corrected chi connectivity index (χ0v) is 8.93. The molecule has 0 aliphatic rings. The molecule has 0 saturated carbocycles. The summed E-state index contributed by atoms with van der Waals surface area (Å²) < 4.78 is 24.2. The van der Waals surface area contributed by atoms with Gasteiger partial charge in [0.15, 0.2) is 0 Å². The first-order valence-electron chi connectivity index (χ1n) is 4.10. The van der Waals surface area contributed by atoms with Crippen LogP contribution in [-0.2, 0) is 16.6 Å². The van der Waals surface area contributed by atoms with E-state index in [4.69, 9.17) is 5.11 Å². The van der Waals surface area contributed by atoms with E-state index in [-0.39, 0.29) is 6.61 Å². The Balaban J connectivity index is 3.04. The molecule has 0 heterocycles. The van der Waals surface area contributed by atoms with Gasteiger partial charge in [-0.3, -0.25) is 4.72 Å².